The molecular formula is C17H11F5O4. The van der Waals surface area contributed by atoms with E-state index >= 15 is 0 Å². The largest absolute Gasteiger partial charge is 0.496 e. The lowest BCUT2D eigenvalue weighted by molar-refractivity contribution is -0.166. The monoisotopic (exact) mass is 374 g/mol. The average molecular weight is 374 g/mol. The summed E-state index contributed by atoms with van der Waals surface area (Å²) in [5, 5.41) is 8.65. The van der Waals surface area contributed by atoms with Crippen LogP contribution < -0.4 is 4.74 Å². The maximum Gasteiger partial charge on any atom is 0.416 e. The molecule has 0 fully saturated rings. The molecule has 0 atom stereocenters. The van der Waals surface area contributed by atoms with E-state index in [9.17, 15) is 31.5 Å². The van der Waals surface area contributed by atoms with E-state index in [1.807, 2.05) is 0 Å². The third-order valence-corrected chi connectivity index (χ3v) is 3.63. The Morgan fingerprint density at radius 3 is 2.12 bits per heavy atom. The van der Waals surface area contributed by atoms with Crippen molar-refractivity contribution in [1.82, 2.24) is 0 Å². The Morgan fingerprint density at radius 1 is 1.00 bits per heavy atom. The van der Waals surface area contributed by atoms with Gasteiger partial charge in [0.05, 0.1) is 12.7 Å². The van der Waals surface area contributed by atoms with Gasteiger partial charge >= 0.3 is 18.1 Å². The fourth-order valence-electron chi connectivity index (χ4n) is 2.32. The molecule has 0 heterocycles. The highest BCUT2D eigenvalue weighted by Gasteiger charge is 2.41. The number of rotatable bonds is 5. The van der Waals surface area contributed by atoms with Crippen LogP contribution in [0.4, 0.5) is 22.0 Å². The fraction of sp³-hybridized carbons (Fsp3) is 0.176. The third kappa shape index (κ3) is 3.51. The molecule has 138 valence electrons. The van der Waals surface area contributed by atoms with Crippen molar-refractivity contribution in [2.75, 3.05) is 7.11 Å². The van der Waals surface area contributed by atoms with Crippen LogP contribution in [0.1, 0.15) is 21.5 Å². The lowest BCUT2D eigenvalue weighted by atomic mass is 9.94. The summed E-state index contributed by atoms with van der Waals surface area (Å²) in [5.41, 5.74) is -2.64. The van der Waals surface area contributed by atoms with Crippen molar-refractivity contribution >= 4 is 12.3 Å². The molecule has 0 saturated carbocycles. The third-order valence-electron chi connectivity index (χ3n) is 3.63. The molecular weight excluding hydrogens is 363 g/mol. The molecule has 9 heteroatoms. The SMILES string of the molecule is COc1ccc(C(F)(F)C(=O)O)cc1-c1ccc(C(F)(F)F)cc1C=O. The van der Waals surface area contributed by atoms with E-state index < -0.39 is 34.8 Å². The van der Waals surface area contributed by atoms with E-state index in [0.29, 0.717) is 12.1 Å². The van der Waals surface area contributed by atoms with Gasteiger partial charge in [-0.2, -0.15) is 22.0 Å². The quantitative estimate of drug-likeness (QED) is 0.624. The van der Waals surface area contributed by atoms with Crippen molar-refractivity contribution in [3.63, 3.8) is 0 Å². The van der Waals surface area contributed by atoms with Crippen molar-refractivity contribution < 1.29 is 41.4 Å². The Bertz CT molecular complexity index is 859. The number of ether oxygens (including phenoxy) is 1. The standard InChI is InChI=1S/C17H11F5O4/c1-26-14-5-3-10(16(18,19)15(24)25)7-13(14)12-4-2-11(17(20,21)22)6-9(12)8-23/h2-8H,1H3,(H,24,25). The molecule has 26 heavy (non-hydrogen) atoms. The van der Waals surface area contributed by atoms with Gasteiger partial charge in [0.1, 0.15) is 5.75 Å². The molecule has 2 aromatic carbocycles. The normalized spacial score (nSPS) is 11.9. The first-order valence-corrected chi connectivity index (χ1v) is 6.99. The van der Waals surface area contributed by atoms with Crippen molar-refractivity contribution in [3.8, 4) is 16.9 Å². The number of carbonyl (C=O) groups is 2. The number of halogens is 5. The zero-order valence-electron chi connectivity index (χ0n) is 13.1. The summed E-state index contributed by atoms with van der Waals surface area (Å²) < 4.78 is 70.9. The van der Waals surface area contributed by atoms with Gasteiger partial charge in [-0.3, -0.25) is 4.79 Å². The molecule has 1 N–H and O–H groups in total. The second-order valence-corrected chi connectivity index (χ2v) is 5.21. The molecule has 0 aliphatic heterocycles. The maximum absolute atomic E-state index is 13.8. The second kappa shape index (κ2) is 6.74. The van der Waals surface area contributed by atoms with Crippen LogP contribution in [-0.2, 0) is 16.9 Å². The summed E-state index contributed by atoms with van der Waals surface area (Å²) >= 11 is 0. The minimum Gasteiger partial charge on any atom is -0.496 e. The first-order chi connectivity index (χ1) is 12.0. The average Bonchev–Trinajstić information content (AvgIpc) is 2.59. The van der Waals surface area contributed by atoms with Crippen molar-refractivity contribution in [2.45, 2.75) is 12.1 Å². The first-order valence-electron chi connectivity index (χ1n) is 6.99. The summed E-state index contributed by atoms with van der Waals surface area (Å²) in [5.74, 6) is -6.64. The zero-order valence-corrected chi connectivity index (χ0v) is 13.1. The van der Waals surface area contributed by atoms with Crippen molar-refractivity contribution in [2.24, 2.45) is 0 Å². The zero-order chi connectivity index (χ0) is 19.7. The molecule has 0 spiro atoms. The minimum atomic E-state index is -4.70. The molecule has 0 aliphatic carbocycles. The summed E-state index contributed by atoms with van der Waals surface area (Å²) in [7, 11) is 1.19. The number of methoxy groups -OCH3 is 1. The van der Waals surface area contributed by atoms with Crippen LogP contribution in [-0.4, -0.2) is 24.5 Å². The maximum atomic E-state index is 13.8. The molecule has 0 saturated heterocycles. The van der Waals surface area contributed by atoms with Gasteiger partial charge in [0.2, 0.25) is 0 Å². The molecule has 0 radical (unpaired) electrons. The van der Waals surface area contributed by atoms with Crippen LogP contribution in [0, 0.1) is 0 Å². The van der Waals surface area contributed by atoms with Gasteiger partial charge in [0.15, 0.2) is 6.29 Å². The molecule has 0 aliphatic rings. The number of carboxylic acid groups (broad SMARTS) is 1. The van der Waals surface area contributed by atoms with Crippen LogP contribution in [0.5, 0.6) is 5.75 Å². The Morgan fingerprint density at radius 2 is 1.62 bits per heavy atom. The molecule has 2 rings (SSSR count). The number of carbonyl (C=O) groups excluding carboxylic acids is 1. The Labute approximate surface area is 143 Å². The lowest BCUT2D eigenvalue weighted by Crippen LogP contribution is -2.25. The Kier molecular flexibility index (Phi) is 5.02. The van der Waals surface area contributed by atoms with Gasteiger partial charge < -0.3 is 9.84 Å². The number of hydrogen-bond acceptors (Lipinski definition) is 3. The topological polar surface area (TPSA) is 63.6 Å². The van der Waals surface area contributed by atoms with Gasteiger partial charge in [-0.05, 0) is 35.9 Å². The molecule has 0 unspecified atom stereocenters. The number of alkyl halides is 5. The van der Waals surface area contributed by atoms with Gasteiger partial charge in [-0.25, -0.2) is 4.79 Å². The minimum absolute atomic E-state index is 0.0159. The molecule has 4 nitrogen and oxygen atoms in total. The predicted molar refractivity (Wildman–Crippen MR) is 80.3 cm³/mol. The van der Waals surface area contributed by atoms with E-state index in [1.54, 1.807) is 0 Å². The van der Waals surface area contributed by atoms with Gasteiger partial charge in [0.25, 0.3) is 0 Å². The second-order valence-electron chi connectivity index (χ2n) is 5.21. The van der Waals surface area contributed by atoms with E-state index in [0.717, 1.165) is 24.3 Å². The number of aldehydes is 1. The molecule has 2 aromatic rings. The van der Waals surface area contributed by atoms with E-state index in [4.69, 9.17) is 9.84 Å². The molecule has 0 aromatic heterocycles. The number of hydrogen-bond donors (Lipinski definition) is 1. The van der Waals surface area contributed by atoms with Crippen LogP contribution in [0.15, 0.2) is 36.4 Å². The molecule has 0 bridgehead atoms. The summed E-state index contributed by atoms with van der Waals surface area (Å²) in [6.45, 7) is 0. The smallest absolute Gasteiger partial charge is 0.416 e. The highest BCUT2D eigenvalue weighted by Crippen LogP contribution is 2.39. The molecule has 0 amide bonds. The van der Waals surface area contributed by atoms with Crippen molar-refractivity contribution in [1.29, 1.82) is 0 Å². The highest BCUT2D eigenvalue weighted by molar-refractivity contribution is 5.90. The first kappa shape index (κ1) is 19.4. The van der Waals surface area contributed by atoms with Crippen LogP contribution in [0.3, 0.4) is 0 Å². The number of benzene rings is 2. The predicted octanol–water partition coefficient (Wildman–Crippen LogP) is 4.37. The van der Waals surface area contributed by atoms with Gasteiger partial charge in [-0.1, -0.05) is 6.07 Å². The van der Waals surface area contributed by atoms with Crippen LogP contribution >= 0.6 is 0 Å². The lowest BCUT2D eigenvalue weighted by Gasteiger charge is -2.17. The van der Waals surface area contributed by atoms with E-state index in [2.05, 4.69) is 0 Å². The number of carboxylic acids is 1. The van der Waals surface area contributed by atoms with Gasteiger partial charge in [-0.15, -0.1) is 0 Å². The van der Waals surface area contributed by atoms with Crippen LogP contribution in [0.25, 0.3) is 11.1 Å². The van der Waals surface area contributed by atoms with Crippen LogP contribution in [0.2, 0.25) is 0 Å². The van der Waals surface area contributed by atoms with Crippen molar-refractivity contribution in [3.05, 3.63) is 53.1 Å². The summed E-state index contributed by atoms with van der Waals surface area (Å²) in [4.78, 5) is 22.0. The Balaban J connectivity index is 2.71. The highest BCUT2D eigenvalue weighted by atomic mass is 19.4. The fourth-order valence-corrected chi connectivity index (χ4v) is 2.32. The van der Waals surface area contributed by atoms with Gasteiger partial charge in [0, 0.05) is 16.7 Å². The summed E-state index contributed by atoms with van der Waals surface area (Å²) in [6, 6.07) is 4.83. The van der Waals surface area contributed by atoms with E-state index in [1.165, 1.54) is 7.11 Å². The Hall–Kier alpha value is -2.97. The number of aliphatic carboxylic acids is 1. The summed E-state index contributed by atoms with van der Waals surface area (Å²) in [6.07, 6.45) is -4.55. The van der Waals surface area contributed by atoms with E-state index in [-0.39, 0.29) is 23.2 Å².